The minimum absolute atomic E-state index is 0.000361. The first kappa shape index (κ1) is 11.0. The van der Waals surface area contributed by atoms with Crippen LogP contribution in [0.3, 0.4) is 0 Å². The molecule has 0 radical (unpaired) electrons. The highest BCUT2D eigenvalue weighted by Gasteiger charge is 2.01. The van der Waals surface area contributed by atoms with E-state index in [9.17, 15) is 0 Å². The van der Waals surface area contributed by atoms with Crippen molar-refractivity contribution in [3.63, 3.8) is 0 Å². The molecule has 0 heterocycles. The summed E-state index contributed by atoms with van der Waals surface area (Å²) in [6, 6.07) is 7.43. The van der Waals surface area contributed by atoms with Crippen molar-refractivity contribution in [2.24, 2.45) is 11.5 Å². The average molecular weight is 194 g/mol. The molecule has 1 aromatic carbocycles. The van der Waals surface area contributed by atoms with Crippen molar-refractivity contribution in [3.8, 4) is 5.75 Å². The Hall–Kier alpha value is -1.04. The molecule has 1 aromatic rings. The van der Waals surface area contributed by atoms with Gasteiger partial charge in [0.1, 0.15) is 5.75 Å². The number of hydrogen-bond donors (Lipinski definition) is 3. The fourth-order valence-corrected chi connectivity index (χ4v) is 1.18. The molecule has 0 saturated heterocycles. The lowest BCUT2D eigenvalue weighted by Crippen LogP contribution is -2.31. The van der Waals surface area contributed by atoms with Crippen LogP contribution < -0.4 is 16.1 Å². The van der Waals surface area contributed by atoms with Crippen molar-refractivity contribution in [2.75, 3.05) is 6.54 Å². The summed E-state index contributed by atoms with van der Waals surface area (Å²) < 4.78 is 4.89. The molecule has 0 aliphatic rings. The van der Waals surface area contributed by atoms with E-state index in [0.29, 0.717) is 12.3 Å². The summed E-state index contributed by atoms with van der Waals surface area (Å²) in [6.45, 7) is 0.481. The second-order valence-corrected chi connectivity index (χ2v) is 3.12. The highest BCUT2D eigenvalue weighted by Crippen LogP contribution is 2.12. The predicted molar refractivity (Wildman–Crippen MR) is 57.2 cm³/mol. The number of benzene rings is 1. The van der Waals surface area contributed by atoms with Gasteiger partial charge in [0.05, 0.1) is 0 Å². The van der Waals surface area contributed by atoms with E-state index in [1.807, 2.05) is 12.1 Å². The summed E-state index contributed by atoms with van der Waals surface area (Å²) in [5.74, 6) is 0.651. The standard InChI is InChI=1S/C9H15BN2O2/c11-6-8(12)5-7-1-3-9(4-2-7)14-10-13/h1-4,8,10,13H,5-6,11-12H2. The summed E-state index contributed by atoms with van der Waals surface area (Å²) in [6.07, 6.45) is 0.760. The van der Waals surface area contributed by atoms with Gasteiger partial charge in [-0.15, -0.1) is 0 Å². The quantitative estimate of drug-likeness (QED) is 0.533. The number of rotatable bonds is 5. The van der Waals surface area contributed by atoms with E-state index < -0.39 is 0 Å². The van der Waals surface area contributed by atoms with Crippen LogP contribution in [0.5, 0.6) is 5.75 Å². The fourth-order valence-electron chi connectivity index (χ4n) is 1.18. The van der Waals surface area contributed by atoms with Gasteiger partial charge in [-0.25, -0.2) is 0 Å². The Morgan fingerprint density at radius 2 is 2.00 bits per heavy atom. The first-order chi connectivity index (χ1) is 6.76. The van der Waals surface area contributed by atoms with Crippen molar-refractivity contribution in [1.29, 1.82) is 0 Å². The Morgan fingerprint density at radius 3 is 2.50 bits per heavy atom. The second-order valence-electron chi connectivity index (χ2n) is 3.12. The van der Waals surface area contributed by atoms with Gasteiger partial charge in [-0.3, -0.25) is 0 Å². The maximum atomic E-state index is 8.51. The lowest BCUT2D eigenvalue weighted by atomic mass is 10.1. The highest BCUT2D eigenvalue weighted by molar-refractivity contribution is 6.17. The van der Waals surface area contributed by atoms with E-state index >= 15 is 0 Å². The Morgan fingerprint density at radius 1 is 1.36 bits per heavy atom. The molecule has 1 atom stereocenters. The Bertz CT molecular complexity index is 266. The smallest absolute Gasteiger partial charge is 0.504 e. The maximum Gasteiger partial charge on any atom is 0.504 e. The second kappa shape index (κ2) is 5.64. The minimum atomic E-state index is -0.304. The molecule has 0 spiro atoms. The van der Waals surface area contributed by atoms with Crippen LogP contribution in [0.25, 0.3) is 0 Å². The van der Waals surface area contributed by atoms with Crippen molar-refractivity contribution in [3.05, 3.63) is 29.8 Å². The van der Waals surface area contributed by atoms with Crippen LogP contribution in [0, 0.1) is 0 Å². The third-order valence-electron chi connectivity index (χ3n) is 1.96. The zero-order valence-corrected chi connectivity index (χ0v) is 8.02. The molecule has 0 bridgehead atoms. The Balaban J connectivity index is 2.54. The molecular weight excluding hydrogens is 179 g/mol. The van der Waals surface area contributed by atoms with Crippen LogP contribution in [0.1, 0.15) is 5.56 Å². The van der Waals surface area contributed by atoms with E-state index in [0.717, 1.165) is 12.0 Å². The topological polar surface area (TPSA) is 81.5 Å². The lowest BCUT2D eigenvalue weighted by Gasteiger charge is -2.09. The third kappa shape index (κ3) is 3.37. The Kier molecular flexibility index (Phi) is 4.45. The monoisotopic (exact) mass is 194 g/mol. The van der Waals surface area contributed by atoms with Crippen LogP contribution in [-0.4, -0.2) is 25.3 Å². The van der Waals surface area contributed by atoms with Crippen LogP contribution in [-0.2, 0) is 6.42 Å². The van der Waals surface area contributed by atoms with Gasteiger partial charge in [-0.1, -0.05) is 12.1 Å². The van der Waals surface area contributed by atoms with E-state index in [4.69, 9.17) is 21.1 Å². The maximum absolute atomic E-state index is 8.51. The molecule has 0 aliphatic heterocycles. The predicted octanol–water partition coefficient (Wildman–Crippen LogP) is -0.847. The van der Waals surface area contributed by atoms with Gasteiger partial charge in [0.25, 0.3) is 0 Å². The molecule has 5 N–H and O–H groups in total. The molecule has 0 aliphatic carbocycles. The fraction of sp³-hybridized carbons (Fsp3) is 0.333. The minimum Gasteiger partial charge on any atom is -0.539 e. The molecule has 76 valence electrons. The van der Waals surface area contributed by atoms with Crippen LogP contribution in [0.4, 0.5) is 0 Å². The van der Waals surface area contributed by atoms with Gasteiger partial charge in [-0.2, -0.15) is 0 Å². The van der Waals surface area contributed by atoms with Crippen molar-refractivity contribution >= 4 is 7.69 Å². The highest BCUT2D eigenvalue weighted by atomic mass is 16.5. The first-order valence-corrected chi connectivity index (χ1v) is 4.54. The molecular formula is C9H15BN2O2. The van der Waals surface area contributed by atoms with E-state index in [1.165, 1.54) is 0 Å². The molecule has 4 nitrogen and oxygen atoms in total. The number of hydrogen-bond acceptors (Lipinski definition) is 4. The van der Waals surface area contributed by atoms with Gasteiger partial charge in [0, 0.05) is 12.6 Å². The summed E-state index contributed by atoms with van der Waals surface area (Å²) in [7, 11) is -0.304. The number of nitrogens with two attached hydrogens (primary N) is 2. The van der Waals surface area contributed by atoms with Crippen LogP contribution in [0.2, 0.25) is 0 Å². The zero-order valence-electron chi connectivity index (χ0n) is 8.02. The first-order valence-electron chi connectivity index (χ1n) is 4.54. The molecule has 0 fully saturated rings. The molecule has 0 amide bonds. The van der Waals surface area contributed by atoms with Gasteiger partial charge in [0.2, 0.25) is 0 Å². The molecule has 0 saturated carbocycles. The van der Waals surface area contributed by atoms with E-state index in [1.54, 1.807) is 12.1 Å². The summed E-state index contributed by atoms with van der Waals surface area (Å²) in [5.41, 5.74) is 12.2. The Labute approximate surface area is 84.2 Å². The summed E-state index contributed by atoms with van der Waals surface area (Å²) in [4.78, 5) is 0. The summed E-state index contributed by atoms with van der Waals surface area (Å²) >= 11 is 0. The van der Waals surface area contributed by atoms with Crippen LogP contribution in [0.15, 0.2) is 24.3 Å². The van der Waals surface area contributed by atoms with Gasteiger partial charge in [-0.05, 0) is 24.1 Å². The molecule has 14 heavy (non-hydrogen) atoms. The molecule has 1 unspecified atom stereocenters. The SMILES string of the molecule is NCC(N)Cc1ccc(OBO)cc1. The largest absolute Gasteiger partial charge is 0.539 e. The normalized spacial score (nSPS) is 12.2. The van der Waals surface area contributed by atoms with E-state index in [2.05, 4.69) is 0 Å². The molecule has 1 rings (SSSR count). The molecule has 5 heteroatoms. The van der Waals surface area contributed by atoms with Crippen molar-refractivity contribution in [2.45, 2.75) is 12.5 Å². The van der Waals surface area contributed by atoms with Gasteiger partial charge >= 0.3 is 7.69 Å². The average Bonchev–Trinajstić information content (AvgIpc) is 2.21. The third-order valence-corrected chi connectivity index (χ3v) is 1.96. The van der Waals surface area contributed by atoms with Crippen molar-refractivity contribution in [1.82, 2.24) is 0 Å². The van der Waals surface area contributed by atoms with Crippen molar-refractivity contribution < 1.29 is 9.68 Å². The van der Waals surface area contributed by atoms with Gasteiger partial charge < -0.3 is 21.1 Å². The van der Waals surface area contributed by atoms with Gasteiger partial charge in [0.15, 0.2) is 0 Å². The zero-order chi connectivity index (χ0) is 10.4. The van der Waals surface area contributed by atoms with Crippen LogP contribution >= 0.6 is 0 Å². The lowest BCUT2D eigenvalue weighted by molar-refractivity contribution is 0.453. The van der Waals surface area contributed by atoms with E-state index in [-0.39, 0.29) is 13.7 Å². The molecule has 0 aromatic heterocycles. The summed E-state index contributed by atoms with van der Waals surface area (Å²) in [5, 5.41) is 8.51.